The Morgan fingerprint density at radius 1 is 0.527 bits per heavy atom. The molecule has 0 aromatic rings. The first-order valence-electron chi connectivity index (χ1n) is 29.7. The molecular weight excluding hydrogens is 957 g/mol. The number of rotatable bonds is 52. The van der Waals surface area contributed by atoms with Crippen LogP contribution in [-0.2, 0) is 38.3 Å². The van der Waals surface area contributed by atoms with Gasteiger partial charge in [-0.3, -0.25) is 9.35 Å². The van der Waals surface area contributed by atoms with Gasteiger partial charge in [-0.1, -0.05) is 228 Å². The van der Waals surface area contributed by atoms with Gasteiger partial charge in [-0.2, -0.15) is 8.42 Å². The molecule has 1 aliphatic heterocycles. The fraction of sp³-hybridized carbons (Fsp3) is 0.787. The lowest BCUT2D eigenvalue weighted by atomic mass is 9.99. The predicted molar refractivity (Wildman–Crippen MR) is 303 cm³/mol. The molecule has 6 unspecified atom stereocenters. The van der Waals surface area contributed by atoms with Crippen LogP contribution in [0.4, 0.5) is 0 Å². The van der Waals surface area contributed by atoms with E-state index in [2.05, 4.69) is 90.9 Å². The Labute approximate surface area is 451 Å². The van der Waals surface area contributed by atoms with Gasteiger partial charge in [-0.15, -0.1) is 0 Å². The molecule has 0 radical (unpaired) electrons. The molecule has 1 aliphatic rings. The van der Waals surface area contributed by atoms with Crippen LogP contribution in [0.15, 0.2) is 72.9 Å². The highest BCUT2D eigenvalue weighted by molar-refractivity contribution is 7.80. The van der Waals surface area contributed by atoms with Gasteiger partial charge in [0.1, 0.15) is 30.5 Å². The van der Waals surface area contributed by atoms with E-state index in [9.17, 15) is 33.1 Å². The second-order valence-electron chi connectivity index (χ2n) is 20.2. The van der Waals surface area contributed by atoms with Crippen LogP contribution in [0, 0.1) is 0 Å². The molecule has 0 aliphatic carbocycles. The van der Waals surface area contributed by atoms with Crippen molar-refractivity contribution in [3.05, 3.63) is 72.9 Å². The Balaban J connectivity index is 2.29. The summed E-state index contributed by atoms with van der Waals surface area (Å²) >= 11 is 0. The molecule has 4 N–H and O–H groups in total. The third-order valence-corrected chi connectivity index (χ3v) is 13.8. The predicted octanol–water partition coefficient (Wildman–Crippen LogP) is 15.0. The Hall–Kier alpha value is -2.46. The molecule has 1 saturated heterocycles. The Morgan fingerprint density at radius 3 is 1.36 bits per heavy atom. The van der Waals surface area contributed by atoms with Crippen LogP contribution < -0.4 is 0 Å². The SMILES string of the molecule is CC/C=C\C/C=C\C/C=C\C/C=C\CCCCCCCCCCCCCOCC(COC1OC(CO)C(O)C(OS(=O)(=O)O)C1O)OC(=O)CCCCCCCCCCCCC/C=C\C/C=C\CCCCCCC. The molecule has 12 nitrogen and oxygen atoms in total. The van der Waals surface area contributed by atoms with Crippen molar-refractivity contribution in [1.29, 1.82) is 0 Å². The second kappa shape index (κ2) is 51.3. The molecule has 0 aromatic carbocycles. The van der Waals surface area contributed by atoms with Gasteiger partial charge in [0.2, 0.25) is 0 Å². The van der Waals surface area contributed by atoms with Gasteiger partial charge in [-0.05, 0) is 83.5 Å². The molecule has 0 aromatic heterocycles. The topological polar surface area (TPSA) is 178 Å². The summed E-state index contributed by atoms with van der Waals surface area (Å²) in [5, 5.41) is 30.9. The third-order valence-electron chi connectivity index (χ3n) is 13.3. The second-order valence-corrected chi connectivity index (χ2v) is 21.3. The van der Waals surface area contributed by atoms with Gasteiger partial charge in [0.15, 0.2) is 6.29 Å². The van der Waals surface area contributed by atoms with Gasteiger partial charge in [0, 0.05) is 13.0 Å². The zero-order valence-electron chi connectivity index (χ0n) is 46.6. The first-order chi connectivity index (χ1) is 36.1. The summed E-state index contributed by atoms with van der Waals surface area (Å²) in [6.45, 7) is 3.89. The van der Waals surface area contributed by atoms with Crippen LogP contribution in [0.2, 0.25) is 0 Å². The van der Waals surface area contributed by atoms with Crippen molar-refractivity contribution in [1.82, 2.24) is 0 Å². The summed E-state index contributed by atoms with van der Waals surface area (Å²) in [6, 6.07) is 0. The summed E-state index contributed by atoms with van der Waals surface area (Å²) in [4.78, 5) is 13.0. The molecule has 6 atom stereocenters. The first-order valence-corrected chi connectivity index (χ1v) is 31.1. The molecule has 0 spiro atoms. The Bertz CT molecular complexity index is 1560. The molecule has 430 valence electrons. The highest BCUT2D eigenvalue weighted by atomic mass is 32.3. The minimum Gasteiger partial charge on any atom is -0.457 e. The lowest BCUT2D eigenvalue weighted by Gasteiger charge is -2.41. The summed E-state index contributed by atoms with van der Waals surface area (Å²) in [5.74, 6) is -0.402. The normalized spacial score (nSPS) is 19.2. The van der Waals surface area contributed by atoms with Gasteiger partial charge in [-0.25, -0.2) is 4.18 Å². The number of esters is 1. The van der Waals surface area contributed by atoms with Crippen LogP contribution >= 0.6 is 0 Å². The average Bonchev–Trinajstić information content (AvgIpc) is 3.38. The van der Waals surface area contributed by atoms with E-state index >= 15 is 0 Å². The molecular formula is C61H108O12S. The fourth-order valence-electron chi connectivity index (χ4n) is 8.87. The molecule has 1 fully saturated rings. The number of hydrogen-bond donors (Lipinski definition) is 4. The smallest absolute Gasteiger partial charge is 0.397 e. The molecule has 1 heterocycles. The summed E-state index contributed by atoms with van der Waals surface area (Å²) in [6.07, 6.45) is 59.3. The van der Waals surface area contributed by atoms with E-state index in [0.717, 1.165) is 77.0 Å². The van der Waals surface area contributed by atoms with E-state index in [0.29, 0.717) is 13.0 Å². The zero-order valence-corrected chi connectivity index (χ0v) is 47.5. The number of carbonyl (C=O) groups is 1. The molecule has 0 amide bonds. The minimum atomic E-state index is -5.07. The van der Waals surface area contributed by atoms with E-state index < -0.39 is 59.8 Å². The number of aliphatic hydroxyl groups excluding tert-OH is 3. The number of ether oxygens (including phenoxy) is 4. The molecule has 13 heteroatoms. The fourth-order valence-corrected chi connectivity index (χ4v) is 9.38. The highest BCUT2D eigenvalue weighted by Crippen LogP contribution is 2.26. The largest absolute Gasteiger partial charge is 0.457 e. The van der Waals surface area contributed by atoms with Gasteiger partial charge < -0.3 is 34.3 Å². The number of allylic oxidation sites excluding steroid dienone is 12. The maximum Gasteiger partial charge on any atom is 0.397 e. The van der Waals surface area contributed by atoms with Crippen molar-refractivity contribution in [2.75, 3.05) is 26.4 Å². The lowest BCUT2D eigenvalue weighted by Crippen LogP contribution is -2.60. The van der Waals surface area contributed by atoms with E-state index in [1.165, 1.54) is 141 Å². The maximum absolute atomic E-state index is 13.0. The monoisotopic (exact) mass is 1060 g/mol. The van der Waals surface area contributed by atoms with Crippen molar-refractivity contribution in [2.45, 2.75) is 282 Å². The van der Waals surface area contributed by atoms with E-state index in [1.54, 1.807) is 0 Å². The van der Waals surface area contributed by atoms with Crippen LogP contribution in [0.1, 0.15) is 245 Å². The standard InChI is InChI=1S/C61H108O12S/c1-3-5-7-9-11-13-15-17-19-21-23-25-27-29-31-33-35-37-39-41-43-45-47-49-51-69-53-55(54-70-61-59(65)60(73-74(66,67)68)58(64)56(52-62)72-61)71-57(63)50-48-46-44-42-40-38-36-34-32-30-28-26-24-22-20-18-16-14-12-10-8-6-4-2/h5,7,11,13,16-19,22-25,55-56,58-62,64-65H,3-4,6,8-10,12,14-15,20-21,26-54H2,1-2H3,(H,66,67,68)/b7-5-,13-11-,18-16-,19-17-,24-22-,25-23-. The van der Waals surface area contributed by atoms with E-state index in [-0.39, 0.29) is 19.6 Å². The lowest BCUT2D eigenvalue weighted by molar-refractivity contribution is -0.301. The van der Waals surface area contributed by atoms with Gasteiger partial charge in [0.05, 0.1) is 19.8 Å². The van der Waals surface area contributed by atoms with Crippen molar-refractivity contribution in [3.8, 4) is 0 Å². The van der Waals surface area contributed by atoms with Gasteiger partial charge in [0.25, 0.3) is 0 Å². The van der Waals surface area contributed by atoms with Crippen LogP contribution in [0.3, 0.4) is 0 Å². The first kappa shape index (κ1) is 69.6. The highest BCUT2D eigenvalue weighted by Gasteiger charge is 2.48. The zero-order chi connectivity index (χ0) is 53.8. The van der Waals surface area contributed by atoms with E-state index in [4.69, 9.17) is 18.9 Å². The summed E-state index contributed by atoms with van der Waals surface area (Å²) in [5.41, 5.74) is 0. The number of hydrogen-bond acceptors (Lipinski definition) is 11. The summed E-state index contributed by atoms with van der Waals surface area (Å²) < 4.78 is 59.5. The number of unbranched alkanes of at least 4 members (excludes halogenated alkanes) is 27. The summed E-state index contributed by atoms with van der Waals surface area (Å²) in [7, 11) is -5.07. The quantitative estimate of drug-likeness (QED) is 0.0196. The minimum absolute atomic E-state index is 0.0310. The number of aliphatic hydroxyl groups is 3. The van der Waals surface area contributed by atoms with Crippen molar-refractivity contribution >= 4 is 16.4 Å². The Morgan fingerprint density at radius 2 is 0.932 bits per heavy atom. The molecule has 1 rings (SSSR count). The maximum atomic E-state index is 13.0. The third kappa shape index (κ3) is 43.6. The number of carbonyl (C=O) groups excluding carboxylic acids is 1. The van der Waals surface area contributed by atoms with Gasteiger partial charge >= 0.3 is 16.4 Å². The molecule has 0 bridgehead atoms. The average molecular weight is 1070 g/mol. The van der Waals surface area contributed by atoms with Crippen LogP contribution in [-0.4, -0.2) is 97.5 Å². The molecule has 0 saturated carbocycles. The Kier molecular flexibility index (Phi) is 48.2. The van der Waals surface area contributed by atoms with E-state index in [1.807, 2.05) is 0 Å². The van der Waals surface area contributed by atoms with Crippen molar-refractivity contribution in [2.24, 2.45) is 0 Å². The van der Waals surface area contributed by atoms with Crippen LogP contribution in [0.25, 0.3) is 0 Å². The molecule has 74 heavy (non-hydrogen) atoms. The van der Waals surface area contributed by atoms with Crippen molar-refractivity contribution in [3.63, 3.8) is 0 Å². The van der Waals surface area contributed by atoms with Crippen molar-refractivity contribution < 1.29 is 56.2 Å². The van der Waals surface area contributed by atoms with Crippen LogP contribution in [0.5, 0.6) is 0 Å².